The molecule has 2 aliphatic rings. The third-order valence-electron chi connectivity index (χ3n) is 5.40. The third kappa shape index (κ3) is 5.07. The van der Waals surface area contributed by atoms with E-state index in [9.17, 15) is 10.2 Å². The van der Waals surface area contributed by atoms with E-state index in [1.165, 1.54) is 70.6 Å². The van der Waals surface area contributed by atoms with Gasteiger partial charge in [-0.1, -0.05) is 44.9 Å². The summed E-state index contributed by atoms with van der Waals surface area (Å²) in [7, 11) is 0. The zero-order chi connectivity index (χ0) is 13.5. The van der Waals surface area contributed by atoms with Crippen molar-refractivity contribution in [2.45, 2.75) is 95.7 Å². The molecular weight excluding hydrogens is 236 g/mol. The van der Waals surface area contributed by atoms with Crippen molar-refractivity contribution in [3.63, 3.8) is 0 Å². The molecule has 0 aliphatic heterocycles. The molecule has 112 valence electrons. The molecular formula is C17H32O2. The quantitative estimate of drug-likeness (QED) is 0.739. The maximum atomic E-state index is 10.3. The van der Waals surface area contributed by atoms with Crippen molar-refractivity contribution in [3.05, 3.63) is 0 Å². The molecule has 2 rings (SSSR count). The van der Waals surface area contributed by atoms with Gasteiger partial charge in [-0.2, -0.15) is 0 Å². The van der Waals surface area contributed by atoms with Gasteiger partial charge < -0.3 is 10.2 Å². The smallest absolute Gasteiger partial charge is 0.0569 e. The van der Waals surface area contributed by atoms with Crippen LogP contribution in [0.4, 0.5) is 0 Å². The topological polar surface area (TPSA) is 40.5 Å². The van der Waals surface area contributed by atoms with Crippen molar-refractivity contribution in [2.24, 2.45) is 11.8 Å². The molecule has 0 saturated heterocycles. The van der Waals surface area contributed by atoms with Crippen LogP contribution in [0.5, 0.6) is 0 Å². The van der Waals surface area contributed by atoms with E-state index in [4.69, 9.17) is 0 Å². The first-order valence-electron chi connectivity index (χ1n) is 8.63. The Morgan fingerprint density at radius 1 is 0.579 bits per heavy atom. The zero-order valence-corrected chi connectivity index (χ0v) is 12.4. The van der Waals surface area contributed by atoms with Crippen LogP contribution in [0.3, 0.4) is 0 Å². The summed E-state index contributed by atoms with van der Waals surface area (Å²) in [6.07, 6.45) is 15.2. The second-order valence-corrected chi connectivity index (χ2v) is 6.86. The Balaban J connectivity index is 1.67. The van der Waals surface area contributed by atoms with Gasteiger partial charge >= 0.3 is 0 Å². The van der Waals surface area contributed by atoms with E-state index >= 15 is 0 Å². The Morgan fingerprint density at radius 3 is 1.26 bits per heavy atom. The molecule has 2 unspecified atom stereocenters. The molecule has 19 heavy (non-hydrogen) atoms. The van der Waals surface area contributed by atoms with Crippen LogP contribution in [-0.2, 0) is 0 Å². The summed E-state index contributed by atoms with van der Waals surface area (Å²) >= 11 is 0. The highest BCUT2D eigenvalue weighted by Crippen LogP contribution is 2.31. The van der Waals surface area contributed by atoms with Gasteiger partial charge in [-0.15, -0.1) is 0 Å². The zero-order valence-electron chi connectivity index (χ0n) is 12.4. The van der Waals surface area contributed by atoms with Gasteiger partial charge in [0.1, 0.15) is 0 Å². The Kier molecular flexibility index (Phi) is 6.66. The van der Waals surface area contributed by atoms with Gasteiger partial charge in [0.05, 0.1) is 12.2 Å². The van der Waals surface area contributed by atoms with Crippen molar-refractivity contribution in [2.75, 3.05) is 0 Å². The molecule has 2 heteroatoms. The SMILES string of the molecule is OC(CCC(O)C1CCCCC1)C1CCCCCC1. The van der Waals surface area contributed by atoms with Crippen LogP contribution >= 0.6 is 0 Å². The fraction of sp³-hybridized carbons (Fsp3) is 1.00. The summed E-state index contributed by atoms with van der Waals surface area (Å²) in [5.41, 5.74) is 0. The molecule has 0 amide bonds. The Morgan fingerprint density at radius 2 is 0.895 bits per heavy atom. The van der Waals surface area contributed by atoms with E-state index in [0.717, 1.165) is 12.8 Å². The monoisotopic (exact) mass is 268 g/mol. The van der Waals surface area contributed by atoms with Gasteiger partial charge in [0.15, 0.2) is 0 Å². The lowest BCUT2D eigenvalue weighted by molar-refractivity contribution is 0.0389. The summed E-state index contributed by atoms with van der Waals surface area (Å²) in [4.78, 5) is 0. The maximum Gasteiger partial charge on any atom is 0.0569 e. The highest BCUT2D eigenvalue weighted by atomic mass is 16.3. The predicted octanol–water partition coefficient (Wildman–Crippen LogP) is 4.04. The Bertz CT molecular complexity index is 227. The largest absolute Gasteiger partial charge is 0.393 e. The lowest BCUT2D eigenvalue weighted by atomic mass is 9.82. The molecule has 2 atom stereocenters. The fourth-order valence-corrected chi connectivity index (χ4v) is 4.03. The van der Waals surface area contributed by atoms with Gasteiger partial charge in [-0.3, -0.25) is 0 Å². The third-order valence-corrected chi connectivity index (χ3v) is 5.40. The predicted molar refractivity (Wildman–Crippen MR) is 79.0 cm³/mol. The van der Waals surface area contributed by atoms with E-state index in [2.05, 4.69) is 0 Å². The number of aliphatic hydroxyl groups is 2. The van der Waals surface area contributed by atoms with Gasteiger partial charge in [-0.05, 0) is 50.4 Å². The summed E-state index contributed by atoms with van der Waals surface area (Å²) in [6.45, 7) is 0. The molecule has 2 N–H and O–H groups in total. The van der Waals surface area contributed by atoms with Crippen LogP contribution in [0, 0.1) is 11.8 Å². The molecule has 0 heterocycles. The molecule has 0 aromatic carbocycles. The normalized spacial score (nSPS) is 26.8. The Hall–Kier alpha value is -0.0800. The van der Waals surface area contributed by atoms with Crippen LogP contribution < -0.4 is 0 Å². The first-order chi connectivity index (χ1) is 9.27. The van der Waals surface area contributed by atoms with Crippen molar-refractivity contribution in [1.82, 2.24) is 0 Å². The van der Waals surface area contributed by atoms with Crippen molar-refractivity contribution in [1.29, 1.82) is 0 Å². The van der Waals surface area contributed by atoms with Gasteiger partial charge in [0, 0.05) is 0 Å². The molecule has 0 spiro atoms. The van der Waals surface area contributed by atoms with Crippen LogP contribution in [0.15, 0.2) is 0 Å². The lowest BCUT2D eigenvalue weighted by Gasteiger charge is -2.28. The average molecular weight is 268 g/mol. The first-order valence-corrected chi connectivity index (χ1v) is 8.63. The number of hydrogen-bond acceptors (Lipinski definition) is 2. The van der Waals surface area contributed by atoms with E-state index in [1.807, 2.05) is 0 Å². The molecule has 0 bridgehead atoms. The highest BCUT2D eigenvalue weighted by Gasteiger charge is 2.25. The van der Waals surface area contributed by atoms with E-state index < -0.39 is 0 Å². The van der Waals surface area contributed by atoms with Gasteiger partial charge in [0.25, 0.3) is 0 Å². The molecule has 2 nitrogen and oxygen atoms in total. The first kappa shape index (κ1) is 15.3. The van der Waals surface area contributed by atoms with Crippen LogP contribution in [-0.4, -0.2) is 22.4 Å². The van der Waals surface area contributed by atoms with Crippen molar-refractivity contribution in [3.8, 4) is 0 Å². The summed E-state index contributed by atoms with van der Waals surface area (Å²) < 4.78 is 0. The van der Waals surface area contributed by atoms with Crippen molar-refractivity contribution >= 4 is 0 Å². The maximum absolute atomic E-state index is 10.3. The molecule has 0 aromatic heterocycles. The Labute approximate surface area is 118 Å². The second kappa shape index (κ2) is 8.26. The minimum Gasteiger partial charge on any atom is -0.393 e. The molecule has 0 aromatic rings. The number of hydrogen-bond donors (Lipinski definition) is 2. The molecule has 2 saturated carbocycles. The van der Waals surface area contributed by atoms with Crippen LogP contribution in [0.1, 0.15) is 83.5 Å². The van der Waals surface area contributed by atoms with Gasteiger partial charge in [-0.25, -0.2) is 0 Å². The highest BCUT2D eigenvalue weighted by molar-refractivity contribution is 4.77. The minimum atomic E-state index is -0.170. The minimum absolute atomic E-state index is 0.166. The van der Waals surface area contributed by atoms with E-state index in [1.54, 1.807) is 0 Å². The number of rotatable bonds is 5. The van der Waals surface area contributed by atoms with Gasteiger partial charge in [0.2, 0.25) is 0 Å². The van der Waals surface area contributed by atoms with Crippen molar-refractivity contribution < 1.29 is 10.2 Å². The molecule has 2 fully saturated rings. The summed E-state index contributed by atoms with van der Waals surface area (Å²) in [5, 5.41) is 20.6. The fourth-order valence-electron chi connectivity index (χ4n) is 4.03. The second-order valence-electron chi connectivity index (χ2n) is 6.86. The summed E-state index contributed by atoms with van der Waals surface area (Å²) in [6, 6.07) is 0. The lowest BCUT2D eigenvalue weighted by Crippen LogP contribution is -2.26. The van der Waals surface area contributed by atoms with Crippen LogP contribution in [0.25, 0.3) is 0 Å². The molecule has 2 aliphatic carbocycles. The van der Waals surface area contributed by atoms with E-state index in [-0.39, 0.29) is 12.2 Å². The number of aliphatic hydroxyl groups excluding tert-OH is 2. The molecule has 0 radical (unpaired) electrons. The van der Waals surface area contributed by atoms with E-state index in [0.29, 0.717) is 11.8 Å². The average Bonchev–Trinajstić information content (AvgIpc) is 2.74. The van der Waals surface area contributed by atoms with Crippen LogP contribution in [0.2, 0.25) is 0 Å². The summed E-state index contributed by atoms with van der Waals surface area (Å²) in [5.74, 6) is 1.01. The standard InChI is InChI=1S/C17H32O2/c18-16(14-8-4-1-2-5-9-14)12-13-17(19)15-10-6-3-7-11-15/h14-19H,1-13H2.